The molecule has 4 heteroatoms. The third kappa shape index (κ3) is 4.88. The quantitative estimate of drug-likeness (QED) is 0.659. The Kier molecular flexibility index (Phi) is 5.41. The molecule has 0 radical (unpaired) electrons. The summed E-state index contributed by atoms with van der Waals surface area (Å²) >= 11 is 1.51. The van der Waals surface area contributed by atoms with Gasteiger partial charge in [-0.1, -0.05) is 54.1 Å². The van der Waals surface area contributed by atoms with Gasteiger partial charge >= 0.3 is 0 Å². The molecule has 0 saturated heterocycles. The second-order valence-electron chi connectivity index (χ2n) is 5.98. The summed E-state index contributed by atoms with van der Waals surface area (Å²) in [6, 6.07) is 16.4. The van der Waals surface area contributed by atoms with Crippen LogP contribution in [-0.2, 0) is 11.2 Å². The number of rotatable bonds is 5. The molecular formula is C21H20N2OS. The molecule has 0 aliphatic heterocycles. The molecule has 0 aliphatic carbocycles. The molecule has 1 amide bonds. The summed E-state index contributed by atoms with van der Waals surface area (Å²) in [4.78, 5) is 17.5. The van der Waals surface area contributed by atoms with Gasteiger partial charge in [0.1, 0.15) is 0 Å². The lowest BCUT2D eigenvalue weighted by Crippen LogP contribution is -2.07. The van der Waals surface area contributed by atoms with Gasteiger partial charge in [-0.2, -0.15) is 0 Å². The Hall–Kier alpha value is -2.72. The first-order chi connectivity index (χ1) is 12.1. The van der Waals surface area contributed by atoms with Crippen LogP contribution < -0.4 is 5.32 Å². The first-order valence-corrected chi connectivity index (χ1v) is 8.97. The van der Waals surface area contributed by atoms with Crippen molar-refractivity contribution < 1.29 is 4.79 Å². The number of hydrogen-bond donors (Lipinski definition) is 1. The number of carbonyl (C=O) groups is 1. The molecule has 1 heterocycles. The Balaban J connectivity index is 1.61. The molecule has 0 bridgehead atoms. The van der Waals surface area contributed by atoms with Crippen LogP contribution in [0.4, 0.5) is 5.13 Å². The molecule has 1 aromatic heterocycles. The van der Waals surface area contributed by atoms with Crippen LogP contribution in [0.1, 0.15) is 27.1 Å². The third-order valence-corrected chi connectivity index (χ3v) is 4.76. The lowest BCUT2D eigenvalue weighted by Gasteiger charge is -2.00. The topological polar surface area (TPSA) is 42.0 Å². The van der Waals surface area contributed by atoms with Gasteiger partial charge in [0.2, 0.25) is 5.91 Å². The first kappa shape index (κ1) is 17.1. The van der Waals surface area contributed by atoms with Gasteiger partial charge < -0.3 is 0 Å². The molecule has 0 unspecified atom stereocenters. The van der Waals surface area contributed by atoms with E-state index in [1.165, 1.54) is 22.5 Å². The van der Waals surface area contributed by atoms with E-state index in [2.05, 4.69) is 41.5 Å². The largest absolute Gasteiger partial charge is 0.298 e. The van der Waals surface area contributed by atoms with Crippen LogP contribution in [0, 0.1) is 13.8 Å². The molecule has 3 nitrogen and oxygen atoms in total. The normalized spacial score (nSPS) is 11.0. The second kappa shape index (κ2) is 7.90. The number of hydrogen-bond acceptors (Lipinski definition) is 3. The van der Waals surface area contributed by atoms with Gasteiger partial charge in [0.05, 0.1) is 0 Å². The van der Waals surface area contributed by atoms with Gasteiger partial charge in [0.25, 0.3) is 0 Å². The Bertz CT molecular complexity index is 912. The van der Waals surface area contributed by atoms with E-state index >= 15 is 0 Å². The summed E-state index contributed by atoms with van der Waals surface area (Å²) in [6.45, 7) is 4.11. The standard InChI is InChI=1S/C21H20N2OS/c1-15-6-5-8-17(12-15)13-19-14-22-21(25-19)23-20(24)11-10-18-9-4-3-7-16(18)2/h3-12,14H,13H2,1-2H3,(H,22,23,24)/b11-10+. The minimum atomic E-state index is -0.167. The van der Waals surface area contributed by atoms with Crippen LogP contribution in [-0.4, -0.2) is 10.9 Å². The third-order valence-electron chi connectivity index (χ3n) is 3.85. The Morgan fingerprint density at radius 1 is 1.16 bits per heavy atom. The van der Waals surface area contributed by atoms with Crippen LogP contribution >= 0.6 is 11.3 Å². The number of aromatic nitrogens is 1. The molecule has 3 rings (SSSR count). The summed E-state index contributed by atoms with van der Waals surface area (Å²) in [5.41, 5.74) is 4.68. The van der Waals surface area contributed by atoms with Gasteiger partial charge in [0.15, 0.2) is 5.13 Å². The van der Waals surface area contributed by atoms with Crippen molar-refractivity contribution in [2.75, 3.05) is 5.32 Å². The Morgan fingerprint density at radius 3 is 2.80 bits per heavy atom. The Labute approximate surface area is 152 Å². The van der Waals surface area contributed by atoms with Crippen molar-refractivity contribution in [2.24, 2.45) is 0 Å². The van der Waals surface area contributed by atoms with E-state index in [4.69, 9.17) is 0 Å². The fourth-order valence-corrected chi connectivity index (χ4v) is 3.41. The summed E-state index contributed by atoms with van der Waals surface area (Å²) in [5.74, 6) is -0.167. The molecule has 1 N–H and O–H groups in total. The average molecular weight is 348 g/mol. The lowest BCUT2D eigenvalue weighted by molar-refractivity contribution is -0.111. The predicted octanol–water partition coefficient (Wildman–Crippen LogP) is 5.00. The van der Waals surface area contributed by atoms with E-state index in [9.17, 15) is 4.79 Å². The highest BCUT2D eigenvalue weighted by Gasteiger charge is 2.06. The smallest absolute Gasteiger partial charge is 0.250 e. The molecule has 2 aromatic carbocycles. The molecule has 126 valence electrons. The number of amides is 1. The molecule has 3 aromatic rings. The van der Waals surface area contributed by atoms with Crippen molar-refractivity contribution >= 4 is 28.5 Å². The summed E-state index contributed by atoms with van der Waals surface area (Å²) in [7, 11) is 0. The minimum absolute atomic E-state index is 0.167. The van der Waals surface area contributed by atoms with Crippen molar-refractivity contribution in [1.82, 2.24) is 4.98 Å². The number of nitrogens with one attached hydrogen (secondary N) is 1. The highest BCUT2D eigenvalue weighted by atomic mass is 32.1. The zero-order valence-corrected chi connectivity index (χ0v) is 15.1. The molecule has 0 fully saturated rings. The highest BCUT2D eigenvalue weighted by molar-refractivity contribution is 7.15. The van der Waals surface area contributed by atoms with Crippen molar-refractivity contribution in [2.45, 2.75) is 20.3 Å². The van der Waals surface area contributed by atoms with Crippen LogP contribution in [0.25, 0.3) is 6.08 Å². The average Bonchev–Trinajstić information content (AvgIpc) is 3.01. The van der Waals surface area contributed by atoms with Gasteiger partial charge in [-0.05, 0) is 36.6 Å². The van der Waals surface area contributed by atoms with Crippen molar-refractivity contribution in [3.05, 3.63) is 87.9 Å². The molecule has 0 atom stereocenters. The van der Waals surface area contributed by atoms with Gasteiger partial charge in [-0.25, -0.2) is 4.98 Å². The van der Waals surface area contributed by atoms with Gasteiger partial charge in [0, 0.05) is 23.6 Å². The summed E-state index contributed by atoms with van der Waals surface area (Å²) in [6.07, 6.45) is 6.03. The Morgan fingerprint density at radius 2 is 2.00 bits per heavy atom. The number of thiazole rings is 1. The fourth-order valence-electron chi connectivity index (χ4n) is 2.56. The number of benzene rings is 2. The first-order valence-electron chi connectivity index (χ1n) is 8.15. The number of anilines is 1. The minimum Gasteiger partial charge on any atom is -0.298 e. The van der Waals surface area contributed by atoms with E-state index < -0.39 is 0 Å². The van der Waals surface area contributed by atoms with Crippen molar-refractivity contribution in [1.29, 1.82) is 0 Å². The van der Waals surface area contributed by atoms with Crippen LogP contribution in [0.15, 0.2) is 60.8 Å². The summed E-state index contributed by atoms with van der Waals surface area (Å²) < 4.78 is 0. The molecule has 0 saturated carbocycles. The van der Waals surface area contributed by atoms with Crippen molar-refractivity contribution in [3.63, 3.8) is 0 Å². The zero-order chi connectivity index (χ0) is 17.6. The lowest BCUT2D eigenvalue weighted by atomic mass is 10.1. The van der Waals surface area contributed by atoms with Crippen LogP contribution in [0.2, 0.25) is 0 Å². The van der Waals surface area contributed by atoms with E-state index in [0.29, 0.717) is 5.13 Å². The number of carbonyl (C=O) groups excluding carboxylic acids is 1. The van der Waals surface area contributed by atoms with Gasteiger partial charge in [-0.15, -0.1) is 11.3 Å². The summed E-state index contributed by atoms with van der Waals surface area (Å²) in [5, 5.41) is 3.46. The van der Waals surface area contributed by atoms with E-state index in [-0.39, 0.29) is 5.91 Å². The molecule has 0 aliphatic rings. The fraction of sp³-hybridized carbons (Fsp3) is 0.143. The van der Waals surface area contributed by atoms with Gasteiger partial charge in [-0.3, -0.25) is 10.1 Å². The van der Waals surface area contributed by atoms with E-state index in [1.54, 1.807) is 6.08 Å². The maximum absolute atomic E-state index is 12.1. The molecule has 0 spiro atoms. The zero-order valence-electron chi connectivity index (χ0n) is 14.3. The van der Waals surface area contributed by atoms with E-state index in [1.807, 2.05) is 43.5 Å². The maximum Gasteiger partial charge on any atom is 0.250 e. The number of nitrogens with zero attached hydrogens (tertiary/aromatic N) is 1. The SMILES string of the molecule is Cc1cccc(Cc2cnc(NC(=O)/C=C/c3ccccc3C)s2)c1. The second-order valence-corrected chi connectivity index (χ2v) is 7.09. The monoisotopic (exact) mass is 348 g/mol. The maximum atomic E-state index is 12.1. The van der Waals surface area contributed by atoms with E-state index in [0.717, 1.165) is 22.4 Å². The number of aryl methyl sites for hydroxylation is 2. The molecular weight excluding hydrogens is 328 g/mol. The van der Waals surface area contributed by atoms with Crippen LogP contribution in [0.5, 0.6) is 0 Å². The molecule has 25 heavy (non-hydrogen) atoms. The van der Waals surface area contributed by atoms with Crippen LogP contribution in [0.3, 0.4) is 0 Å². The van der Waals surface area contributed by atoms with Crippen molar-refractivity contribution in [3.8, 4) is 0 Å². The highest BCUT2D eigenvalue weighted by Crippen LogP contribution is 2.21. The predicted molar refractivity (Wildman–Crippen MR) is 105 cm³/mol.